The second-order valence-corrected chi connectivity index (χ2v) is 7.75. The van der Waals surface area contributed by atoms with Crippen LogP contribution in [0.4, 0.5) is 0 Å². The molecule has 1 atom stereocenters. The van der Waals surface area contributed by atoms with Gasteiger partial charge in [0.2, 0.25) is 15.9 Å². The van der Waals surface area contributed by atoms with E-state index in [1.54, 1.807) is 0 Å². The molecule has 1 aliphatic rings. The van der Waals surface area contributed by atoms with Crippen LogP contribution in [0, 0.1) is 11.8 Å². The van der Waals surface area contributed by atoms with Gasteiger partial charge in [-0.3, -0.25) is 4.79 Å². The molecule has 1 heterocycles. The van der Waals surface area contributed by atoms with Gasteiger partial charge in [-0.1, -0.05) is 26.7 Å². The number of piperidine rings is 1. The minimum atomic E-state index is -3.27. The lowest BCUT2D eigenvalue weighted by atomic mass is 9.99. The first kappa shape index (κ1) is 21.6. The van der Waals surface area contributed by atoms with E-state index < -0.39 is 10.0 Å². The first-order valence-electron chi connectivity index (χ1n) is 7.90. The molecule has 1 amide bonds. The highest BCUT2D eigenvalue weighted by Crippen LogP contribution is 2.22. The average molecular weight is 356 g/mol. The maximum atomic E-state index is 12.5. The minimum Gasteiger partial charge on any atom is -0.355 e. The van der Waals surface area contributed by atoms with Crippen molar-refractivity contribution in [1.29, 1.82) is 0 Å². The Morgan fingerprint density at radius 2 is 2.00 bits per heavy atom. The van der Waals surface area contributed by atoms with Gasteiger partial charge >= 0.3 is 0 Å². The highest BCUT2D eigenvalue weighted by molar-refractivity contribution is 7.89. The predicted octanol–water partition coefficient (Wildman–Crippen LogP) is 0.961. The summed E-state index contributed by atoms with van der Waals surface area (Å²) in [5.41, 5.74) is 5.37. The second kappa shape index (κ2) is 10.4. The summed E-state index contributed by atoms with van der Waals surface area (Å²) in [6, 6.07) is 0. The number of nitrogens with one attached hydrogen (secondary N) is 1. The average Bonchev–Trinajstić information content (AvgIpc) is 2.50. The molecule has 22 heavy (non-hydrogen) atoms. The quantitative estimate of drug-likeness (QED) is 0.678. The molecule has 0 aromatic heterocycles. The number of carbonyl (C=O) groups is 1. The molecular weight excluding hydrogens is 326 g/mol. The molecule has 0 aromatic rings. The number of halogens is 1. The van der Waals surface area contributed by atoms with Gasteiger partial charge in [0.15, 0.2) is 0 Å². The smallest absolute Gasteiger partial charge is 0.224 e. The second-order valence-electron chi connectivity index (χ2n) is 5.74. The zero-order valence-electron chi connectivity index (χ0n) is 13.6. The van der Waals surface area contributed by atoms with E-state index >= 15 is 0 Å². The number of sulfonamides is 1. The standard InChI is InChI=1S/C14H29N3O3S.ClH/c1-3-12(4-2)11-21(19,20)17-9-5-6-13(10-17)14(18)16-8-7-15;/h12-13H,3-11,15H2,1-2H3,(H,16,18);1H. The van der Waals surface area contributed by atoms with E-state index in [0.717, 1.165) is 25.7 Å². The summed E-state index contributed by atoms with van der Waals surface area (Å²) in [7, 11) is -3.27. The summed E-state index contributed by atoms with van der Waals surface area (Å²) >= 11 is 0. The number of carbonyl (C=O) groups excluding carboxylic acids is 1. The molecule has 8 heteroatoms. The SMILES string of the molecule is CCC(CC)CS(=O)(=O)N1CCCC(C(=O)NCCN)C1.Cl. The largest absolute Gasteiger partial charge is 0.355 e. The van der Waals surface area contributed by atoms with E-state index in [9.17, 15) is 13.2 Å². The first-order valence-corrected chi connectivity index (χ1v) is 9.51. The molecular formula is C14H30ClN3O3S. The Morgan fingerprint density at radius 3 is 2.55 bits per heavy atom. The summed E-state index contributed by atoms with van der Waals surface area (Å²) in [5, 5.41) is 2.75. The van der Waals surface area contributed by atoms with Crippen LogP contribution in [-0.4, -0.2) is 50.6 Å². The van der Waals surface area contributed by atoms with E-state index in [1.165, 1.54) is 4.31 Å². The third-order valence-electron chi connectivity index (χ3n) is 4.19. The lowest BCUT2D eigenvalue weighted by Crippen LogP contribution is -2.47. The summed E-state index contributed by atoms with van der Waals surface area (Å²) < 4.78 is 26.4. The van der Waals surface area contributed by atoms with Gasteiger partial charge < -0.3 is 11.1 Å². The molecule has 0 radical (unpaired) electrons. The molecule has 1 saturated heterocycles. The predicted molar refractivity (Wildman–Crippen MR) is 91.5 cm³/mol. The third kappa shape index (κ3) is 6.40. The fourth-order valence-corrected chi connectivity index (χ4v) is 4.77. The number of nitrogens with zero attached hydrogens (tertiary/aromatic N) is 1. The molecule has 132 valence electrons. The lowest BCUT2D eigenvalue weighted by Gasteiger charge is -2.32. The van der Waals surface area contributed by atoms with E-state index in [4.69, 9.17) is 5.73 Å². The fourth-order valence-electron chi connectivity index (χ4n) is 2.68. The molecule has 1 fully saturated rings. The highest BCUT2D eigenvalue weighted by Gasteiger charge is 2.32. The summed E-state index contributed by atoms with van der Waals surface area (Å²) in [6.45, 7) is 5.71. The normalized spacial score (nSPS) is 19.7. The fraction of sp³-hybridized carbons (Fsp3) is 0.929. The molecule has 3 N–H and O–H groups in total. The van der Waals surface area contributed by atoms with Crippen molar-refractivity contribution >= 4 is 28.3 Å². The van der Waals surface area contributed by atoms with Crippen molar-refractivity contribution in [3.05, 3.63) is 0 Å². The summed E-state index contributed by atoms with van der Waals surface area (Å²) in [4.78, 5) is 12.0. The topological polar surface area (TPSA) is 92.5 Å². The van der Waals surface area contributed by atoms with Gasteiger partial charge in [-0.2, -0.15) is 0 Å². The van der Waals surface area contributed by atoms with E-state index in [0.29, 0.717) is 26.2 Å². The molecule has 0 saturated carbocycles. The van der Waals surface area contributed by atoms with E-state index in [1.807, 2.05) is 13.8 Å². The number of amides is 1. The molecule has 1 aliphatic heterocycles. The Bertz CT molecular complexity index is 427. The molecule has 1 unspecified atom stereocenters. The zero-order valence-corrected chi connectivity index (χ0v) is 15.2. The first-order chi connectivity index (χ1) is 9.94. The highest BCUT2D eigenvalue weighted by atomic mass is 35.5. The summed E-state index contributed by atoms with van der Waals surface area (Å²) in [5.74, 6) is 0.0584. The zero-order chi connectivity index (χ0) is 15.9. The van der Waals surface area contributed by atoms with E-state index in [-0.39, 0.29) is 35.9 Å². The Balaban J connectivity index is 0.00000441. The number of rotatable bonds is 8. The van der Waals surface area contributed by atoms with Gasteiger partial charge in [0.05, 0.1) is 11.7 Å². The molecule has 0 aromatic carbocycles. The Morgan fingerprint density at radius 1 is 1.36 bits per heavy atom. The summed E-state index contributed by atoms with van der Waals surface area (Å²) in [6.07, 6.45) is 3.21. The van der Waals surface area contributed by atoms with Crippen molar-refractivity contribution < 1.29 is 13.2 Å². The van der Waals surface area contributed by atoms with Crippen molar-refractivity contribution in [1.82, 2.24) is 9.62 Å². The van der Waals surface area contributed by atoms with Crippen LogP contribution in [0.1, 0.15) is 39.5 Å². The molecule has 6 nitrogen and oxygen atoms in total. The molecule has 0 bridgehead atoms. The van der Waals surface area contributed by atoms with Crippen LogP contribution in [0.5, 0.6) is 0 Å². The maximum absolute atomic E-state index is 12.5. The van der Waals surface area contributed by atoms with Crippen LogP contribution in [0.25, 0.3) is 0 Å². The van der Waals surface area contributed by atoms with Crippen molar-refractivity contribution in [2.45, 2.75) is 39.5 Å². The van der Waals surface area contributed by atoms with Gasteiger partial charge in [0.1, 0.15) is 0 Å². The van der Waals surface area contributed by atoms with Gasteiger partial charge in [-0.25, -0.2) is 12.7 Å². The Kier molecular flexibility index (Phi) is 10.2. The van der Waals surface area contributed by atoms with Crippen molar-refractivity contribution in [2.24, 2.45) is 17.6 Å². The maximum Gasteiger partial charge on any atom is 0.224 e. The van der Waals surface area contributed by atoms with Crippen molar-refractivity contribution in [2.75, 3.05) is 31.9 Å². The van der Waals surface area contributed by atoms with Crippen LogP contribution in [-0.2, 0) is 14.8 Å². The van der Waals surface area contributed by atoms with Gasteiger partial charge in [-0.05, 0) is 18.8 Å². The molecule has 0 aliphatic carbocycles. The van der Waals surface area contributed by atoms with Crippen LogP contribution >= 0.6 is 12.4 Å². The van der Waals surface area contributed by atoms with E-state index in [2.05, 4.69) is 5.32 Å². The number of nitrogens with two attached hydrogens (primary N) is 1. The van der Waals surface area contributed by atoms with Crippen LogP contribution in [0.2, 0.25) is 0 Å². The lowest BCUT2D eigenvalue weighted by molar-refractivity contribution is -0.126. The number of hydrogen-bond acceptors (Lipinski definition) is 4. The van der Waals surface area contributed by atoms with Gasteiger partial charge in [0, 0.05) is 26.2 Å². The van der Waals surface area contributed by atoms with Gasteiger partial charge in [-0.15, -0.1) is 12.4 Å². The van der Waals surface area contributed by atoms with Crippen LogP contribution in [0.3, 0.4) is 0 Å². The van der Waals surface area contributed by atoms with Crippen molar-refractivity contribution in [3.63, 3.8) is 0 Å². The molecule has 0 spiro atoms. The van der Waals surface area contributed by atoms with Gasteiger partial charge in [0.25, 0.3) is 0 Å². The minimum absolute atomic E-state index is 0. The van der Waals surface area contributed by atoms with Crippen LogP contribution in [0.15, 0.2) is 0 Å². The third-order valence-corrected chi connectivity index (χ3v) is 6.20. The molecule has 1 rings (SSSR count). The van der Waals surface area contributed by atoms with Crippen molar-refractivity contribution in [3.8, 4) is 0 Å². The van der Waals surface area contributed by atoms with Crippen LogP contribution < -0.4 is 11.1 Å². The Labute approximate surface area is 140 Å². The number of hydrogen-bond donors (Lipinski definition) is 2. The monoisotopic (exact) mass is 355 g/mol. The Hall–Kier alpha value is -0.370.